The molecule has 0 amide bonds. The Kier molecular flexibility index (Phi) is 4.90. The Hall–Kier alpha value is -1.72. The Morgan fingerprint density at radius 1 is 1.12 bits per heavy atom. The predicted molar refractivity (Wildman–Crippen MR) is 91.5 cm³/mol. The maximum atomic E-state index is 5.54. The molecule has 2 fully saturated rings. The summed E-state index contributed by atoms with van der Waals surface area (Å²) < 4.78 is 10.9. The van der Waals surface area contributed by atoms with Crippen LogP contribution in [0.3, 0.4) is 0 Å². The Labute approximate surface area is 143 Å². The lowest BCUT2D eigenvalue weighted by atomic mass is 9.91. The molecule has 4 rings (SSSR count). The first kappa shape index (κ1) is 15.8. The van der Waals surface area contributed by atoms with Crippen molar-refractivity contribution in [1.82, 2.24) is 15.0 Å². The molecule has 0 aliphatic carbocycles. The Balaban J connectivity index is 1.23. The molecule has 2 atom stereocenters. The lowest BCUT2D eigenvalue weighted by molar-refractivity contribution is 0.171. The third kappa shape index (κ3) is 3.68. The van der Waals surface area contributed by atoms with Crippen molar-refractivity contribution in [2.75, 3.05) is 32.8 Å². The van der Waals surface area contributed by atoms with E-state index in [-0.39, 0.29) is 0 Å². The standard InChI is InChI=1S/C19H25N3O2/c1-2-5-15(6-3-1)19-20-18(24-21-19)7-4-10-22-11-8-16(13-22)17-9-12-23-14-17/h1-3,5-6,16-17H,4,7-14H2. The number of hydrogen-bond donors (Lipinski definition) is 0. The molecule has 2 aromatic rings. The average molecular weight is 327 g/mol. The molecule has 0 spiro atoms. The minimum absolute atomic E-state index is 0.688. The molecule has 3 heterocycles. The average Bonchev–Trinajstić information content (AvgIpc) is 3.37. The van der Waals surface area contributed by atoms with E-state index in [1.165, 1.54) is 25.9 Å². The van der Waals surface area contributed by atoms with Gasteiger partial charge in [0, 0.05) is 31.7 Å². The number of nitrogens with zero attached hydrogens (tertiary/aromatic N) is 3. The van der Waals surface area contributed by atoms with Crippen molar-refractivity contribution < 1.29 is 9.26 Å². The molecule has 0 radical (unpaired) electrons. The quantitative estimate of drug-likeness (QED) is 0.816. The number of likely N-dealkylation sites (tertiary alicyclic amines) is 1. The Morgan fingerprint density at radius 3 is 2.88 bits per heavy atom. The van der Waals surface area contributed by atoms with Crippen molar-refractivity contribution in [2.45, 2.75) is 25.7 Å². The van der Waals surface area contributed by atoms with E-state index >= 15 is 0 Å². The predicted octanol–water partition coefficient (Wildman–Crippen LogP) is 3.03. The fourth-order valence-electron chi connectivity index (χ4n) is 3.89. The number of rotatable bonds is 6. The van der Waals surface area contributed by atoms with Gasteiger partial charge < -0.3 is 14.2 Å². The SMILES string of the molecule is c1ccc(-c2noc(CCCN3CCC(C4CCOC4)C3)n2)cc1. The topological polar surface area (TPSA) is 51.4 Å². The van der Waals surface area contributed by atoms with Crippen LogP contribution < -0.4 is 0 Å². The molecule has 2 unspecified atom stereocenters. The molecule has 5 heteroatoms. The van der Waals surface area contributed by atoms with Gasteiger partial charge in [0.1, 0.15) is 0 Å². The van der Waals surface area contributed by atoms with E-state index in [2.05, 4.69) is 15.0 Å². The smallest absolute Gasteiger partial charge is 0.227 e. The lowest BCUT2D eigenvalue weighted by Crippen LogP contribution is -2.24. The molecule has 24 heavy (non-hydrogen) atoms. The van der Waals surface area contributed by atoms with Crippen molar-refractivity contribution in [3.63, 3.8) is 0 Å². The normalized spacial score (nSPS) is 24.7. The zero-order chi connectivity index (χ0) is 16.2. The summed E-state index contributed by atoms with van der Waals surface area (Å²) in [5.41, 5.74) is 1.01. The third-order valence-electron chi connectivity index (χ3n) is 5.31. The van der Waals surface area contributed by atoms with E-state index in [0.29, 0.717) is 5.82 Å². The summed E-state index contributed by atoms with van der Waals surface area (Å²) in [6.07, 6.45) is 4.51. The van der Waals surface area contributed by atoms with E-state index in [1.807, 2.05) is 30.3 Å². The molecule has 0 N–H and O–H groups in total. The monoisotopic (exact) mass is 327 g/mol. The molecule has 5 nitrogen and oxygen atoms in total. The number of aryl methyl sites for hydroxylation is 1. The van der Waals surface area contributed by atoms with Crippen LogP contribution in [0.2, 0.25) is 0 Å². The number of ether oxygens (including phenoxy) is 1. The zero-order valence-corrected chi connectivity index (χ0v) is 14.1. The first-order valence-electron chi connectivity index (χ1n) is 9.06. The highest BCUT2D eigenvalue weighted by atomic mass is 16.5. The van der Waals surface area contributed by atoms with Gasteiger partial charge >= 0.3 is 0 Å². The minimum Gasteiger partial charge on any atom is -0.381 e. The molecule has 128 valence electrons. The van der Waals surface area contributed by atoms with Gasteiger partial charge in [-0.2, -0.15) is 4.98 Å². The molecule has 2 saturated heterocycles. The second-order valence-electron chi connectivity index (χ2n) is 6.95. The maximum absolute atomic E-state index is 5.54. The summed E-state index contributed by atoms with van der Waals surface area (Å²) in [5, 5.41) is 4.09. The van der Waals surface area contributed by atoms with Gasteiger partial charge in [-0.15, -0.1) is 0 Å². The first-order valence-corrected chi connectivity index (χ1v) is 9.06. The Morgan fingerprint density at radius 2 is 2.04 bits per heavy atom. The van der Waals surface area contributed by atoms with Gasteiger partial charge in [-0.25, -0.2) is 0 Å². The molecule has 2 aliphatic rings. The number of hydrogen-bond acceptors (Lipinski definition) is 5. The fraction of sp³-hybridized carbons (Fsp3) is 0.579. The Bertz CT molecular complexity index is 637. The van der Waals surface area contributed by atoms with Crippen LogP contribution in [-0.4, -0.2) is 47.9 Å². The van der Waals surface area contributed by atoms with Crippen LogP contribution in [0.25, 0.3) is 11.4 Å². The second kappa shape index (κ2) is 7.45. The van der Waals surface area contributed by atoms with Crippen LogP contribution in [0.15, 0.2) is 34.9 Å². The molecule has 2 aliphatic heterocycles. The van der Waals surface area contributed by atoms with Gasteiger partial charge in [-0.1, -0.05) is 35.5 Å². The van der Waals surface area contributed by atoms with Crippen LogP contribution in [0, 0.1) is 11.8 Å². The molecule has 1 aromatic heterocycles. The summed E-state index contributed by atoms with van der Waals surface area (Å²) >= 11 is 0. The van der Waals surface area contributed by atoms with Crippen LogP contribution >= 0.6 is 0 Å². The van der Waals surface area contributed by atoms with Gasteiger partial charge in [0.15, 0.2) is 0 Å². The van der Waals surface area contributed by atoms with Gasteiger partial charge in [0.25, 0.3) is 0 Å². The van der Waals surface area contributed by atoms with Crippen molar-refractivity contribution in [1.29, 1.82) is 0 Å². The molecular weight excluding hydrogens is 302 g/mol. The highest BCUT2D eigenvalue weighted by Crippen LogP contribution is 2.30. The van der Waals surface area contributed by atoms with Crippen molar-refractivity contribution in [3.8, 4) is 11.4 Å². The summed E-state index contributed by atoms with van der Waals surface area (Å²) in [6.45, 7) is 5.51. The fourth-order valence-corrected chi connectivity index (χ4v) is 3.89. The largest absolute Gasteiger partial charge is 0.381 e. The van der Waals surface area contributed by atoms with E-state index in [0.717, 1.165) is 55.9 Å². The number of benzene rings is 1. The van der Waals surface area contributed by atoms with E-state index in [9.17, 15) is 0 Å². The van der Waals surface area contributed by atoms with Crippen molar-refractivity contribution in [3.05, 3.63) is 36.2 Å². The highest BCUT2D eigenvalue weighted by molar-refractivity contribution is 5.53. The summed E-state index contributed by atoms with van der Waals surface area (Å²) in [6, 6.07) is 9.98. The maximum Gasteiger partial charge on any atom is 0.227 e. The molecule has 0 bridgehead atoms. The van der Waals surface area contributed by atoms with Crippen LogP contribution in [-0.2, 0) is 11.2 Å². The van der Waals surface area contributed by atoms with E-state index in [4.69, 9.17) is 9.26 Å². The van der Waals surface area contributed by atoms with Gasteiger partial charge in [-0.3, -0.25) is 0 Å². The zero-order valence-electron chi connectivity index (χ0n) is 14.1. The van der Waals surface area contributed by atoms with Gasteiger partial charge in [-0.05, 0) is 44.2 Å². The third-order valence-corrected chi connectivity index (χ3v) is 5.31. The van der Waals surface area contributed by atoms with Crippen molar-refractivity contribution >= 4 is 0 Å². The molecule has 1 aromatic carbocycles. The highest BCUT2D eigenvalue weighted by Gasteiger charge is 2.31. The van der Waals surface area contributed by atoms with Crippen LogP contribution in [0.4, 0.5) is 0 Å². The summed E-state index contributed by atoms with van der Waals surface area (Å²) in [7, 11) is 0. The summed E-state index contributed by atoms with van der Waals surface area (Å²) in [4.78, 5) is 7.09. The van der Waals surface area contributed by atoms with E-state index in [1.54, 1.807) is 0 Å². The second-order valence-corrected chi connectivity index (χ2v) is 6.95. The minimum atomic E-state index is 0.688. The van der Waals surface area contributed by atoms with E-state index < -0.39 is 0 Å². The molecular formula is C19H25N3O2. The van der Waals surface area contributed by atoms with Crippen molar-refractivity contribution in [2.24, 2.45) is 11.8 Å². The molecule has 0 saturated carbocycles. The number of aromatic nitrogens is 2. The van der Waals surface area contributed by atoms with Crippen LogP contribution in [0.5, 0.6) is 0 Å². The first-order chi connectivity index (χ1) is 11.9. The van der Waals surface area contributed by atoms with Crippen LogP contribution in [0.1, 0.15) is 25.2 Å². The van der Waals surface area contributed by atoms with Gasteiger partial charge in [0.2, 0.25) is 11.7 Å². The summed E-state index contributed by atoms with van der Waals surface area (Å²) in [5.74, 6) is 3.06. The lowest BCUT2D eigenvalue weighted by Gasteiger charge is -2.18. The van der Waals surface area contributed by atoms with Gasteiger partial charge in [0.05, 0.1) is 0 Å².